The molecule has 200 valence electrons. The van der Waals surface area contributed by atoms with E-state index in [-0.39, 0.29) is 29.6 Å². The first-order valence-corrected chi connectivity index (χ1v) is 12.9. The predicted octanol–water partition coefficient (Wildman–Crippen LogP) is 0.407. The Balaban J connectivity index is 1.21. The zero-order chi connectivity index (χ0) is 26.2. The number of nitrogens with zero attached hydrogens (tertiary/aromatic N) is 6. The van der Waals surface area contributed by atoms with Crippen LogP contribution >= 0.6 is 0 Å². The van der Waals surface area contributed by atoms with Crippen molar-refractivity contribution in [3.8, 4) is 0 Å². The van der Waals surface area contributed by atoms with Crippen LogP contribution in [0, 0.1) is 11.3 Å². The number of carbonyl (C=O) groups is 3. The third-order valence-electron chi connectivity index (χ3n) is 8.31. The van der Waals surface area contributed by atoms with E-state index in [1.807, 2.05) is 15.8 Å². The minimum absolute atomic E-state index is 0.0127. The number of ether oxygens (including phenoxy) is 2. The molecule has 3 aliphatic rings. The number of H-pyrrole nitrogens is 1. The molecule has 37 heavy (non-hydrogen) atoms. The molecule has 1 saturated carbocycles. The van der Waals surface area contributed by atoms with Gasteiger partial charge in [0.25, 0.3) is 0 Å². The second kappa shape index (κ2) is 10.1. The van der Waals surface area contributed by atoms with Crippen molar-refractivity contribution in [2.45, 2.75) is 76.4 Å². The fraction of sp³-hybridized carbons (Fsp3) is 0.708. The summed E-state index contributed by atoms with van der Waals surface area (Å²) in [5, 5.41) is 15.2. The fourth-order valence-corrected chi connectivity index (χ4v) is 6.20. The van der Waals surface area contributed by atoms with Crippen LogP contribution in [0.4, 0.5) is 0 Å². The number of rotatable bonds is 6. The predicted molar refractivity (Wildman–Crippen MR) is 127 cm³/mol. The van der Waals surface area contributed by atoms with Crippen molar-refractivity contribution in [2.75, 3.05) is 20.8 Å². The average Bonchev–Trinajstić information content (AvgIpc) is 3.68. The molecule has 5 rings (SSSR count). The summed E-state index contributed by atoms with van der Waals surface area (Å²) in [5.74, 6) is -0.533. The molecule has 0 radical (unpaired) electrons. The Morgan fingerprint density at radius 1 is 1.08 bits per heavy atom. The maximum Gasteiger partial charge on any atom is 0.343 e. The standard InChI is InChI=1S/C24H33N7O6/c1-36-21(33)24(22(34)37-2)8-5-17(6-9-24)31-14-16(25-28-31)13-18-4-3-10-29(18)20(32)15-7-11-30-19(12-15)26-27-23(30)35/h14-15,17-18H,3-13H2,1-2H3,(H,27,35). The number of aromatic amines is 1. The highest BCUT2D eigenvalue weighted by Gasteiger charge is 2.50. The summed E-state index contributed by atoms with van der Waals surface area (Å²) < 4.78 is 13.2. The normalized spacial score (nSPS) is 23.5. The van der Waals surface area contributed by atoms with E-state index < -0.39 is 17.4 Å². The Labute approximate surface area is 213 Å². The molecule has 1 aliphatic carbocycles. The number of carbonyl (C=O) groups excluding carboxylic acids is 3. The van der Waals surface area contributed by atoms with E-state index in [1.165, 1.54) is 14.2 Å². The Bertz CT molecular complexity index is 1210. The molecule has 1 saturated heterocycles. The van der Waals surface area contributed by atoms with Crippen molar-refractivity contribution < 1.29 is 23.9 Å². The highest BCUT2D eigenvalue weighted by atomic mass is 16.5. The lowest BCUT2D eigenvalue weighted by molar-refractivity contribution is -0.172. The van der Waals surface area contributed by atoms with Crippen LogP contribution in [0.2, 0.25) is 0 Å². The molecule has 0 aromatic carbocycles. The summed E-state index contributed by atoms with van der Waals surface area (Å²) >= 11 is 0. The number of nitrogens with one attached hydrogen (secondary N) is 1. The first-order valence-electron chi connectivity index (χ1n) is 12.9. The van der Waals surface area contributed by atoms with E-state index in [0.29, 0.717) is 63.9 Å². The zero-order valence-electron chi connectivity index (χ0n) is 21.2. The number of aromatic nitrogens is 6. The topological polar surface area (TPSA) is 154 Å². The molecule has 2 aliphatic heterocycles. The zero-order valence-corrected chi connectivity index (χ0v) is 21.2. The van der Waals surface area contributed by atoms with E-state index in [2.05, 4.69) is 20.5 Å². The molecule has 1 amide bonds. The van der Waals surface area contributed by atoms with Gasteiger partial charge in [-0.15, -0.1) is 5.10 Å². The summed E-state index contributed by atoms with van der Waals surface area (Å²) in [6.45, 7) is 1.22. The number of hydrogen-bond donors (Lipinski definition) is 1. The van der Waals surface area contributed by atoms with Gasteiger partial charge in [-0.2, -0.15) is 5.10 Å². The number of likely N-dealkylation sites (tertiary alicyclic amines) is 1. The summed E-state index contributed by atoms with van der Waals surface area (Å²) in [5.41, 5.74) is -0.674. The van der Waals surface area contributed by atoms with Crippen LogP contribution in [0.15, 0.2) is 11.0 Å². The highest BCUT2D eigenvalue weighted by molar-refractivity contribution is 6.00. The van der Waals surface area contributed by atoms with Crippen LogP contribution in [0.5, 0.6) is 0 Å². The number of amides is 1. The number of hydrogen-bond acceptors (Lipinski definition) is 9. The second-order valence-electron chi connectivity index (χ2n) is 10.3. The lowest BCUT2D eigenvalue weighted by atomic mass is 9.72. The number of methoxy groups -OCH3 is 2. The van der Waals surface area contributed by atoms with Crippen LogP contribution in [0.25, 0.3) is 0 Å². The summed E-state index contributed by atoms with van der Waals surface area (Å²) in [4.78, 5) is 51.9. The quantitative estimate of drug-likeness (QED) is 0.425. The van der Waals surface area contributed by atoms with Crippen LogP contribution in [0.1, 0.15) is 62.5 Å². The molecule has 2 atom stereocenters. The van der Waals surface area contributed by atoms with Crippen molar-refractivity contribution in [1.82, 2.24) is 34.7 Å². The maximum absolute atomic E-state index is 13.4. The minimum Gasteiger partial charge on any atom is -0.468 e. The van der Waals surface area contributed by atoms with Crippen LogP contribution in [-0.4, -0.2) is 79.3 Å². The number of esters is 2. The molecule has 1 N–H and O–H groups in total. The first kappa shape index (κ1) is 25.2. The third kappa shape index (κ3) is 4.55. The molecule has 13 nitrogen and oxygen atoms in total. The summed E-state index contributed by atoms with van der Waals surface area (Å²) in [6.07, 6.45) is 7.26. The van der Waals surface area contributed by atoms with Crippen molar-refractivity contribution >= 4 is 17.8 Å². The third-order valence-corrected chi connectivity index (χ3v) is 8.31. The van der Waals surface area contributed by atoms with E-state index >= 15 is 0 Å². The molecule has 0 spiro atoms. The SMILES string of the molecule is COC(=O)C1(C(=O)OC)CCC(n2cc(CC3CCCN3C(=O)C3CCn4c(n[nH]c4=O)C3)nn2)CC1. The average molecular weight is 516 g/mol. The molecule has 13 heteroatoms. The van der Waals surface area contributed by atoms with Gasteiger partial charge < -0.3 is 14.4 Å². The lowest BCUT2D eigenvalue weighted by Crippen LogP contribution is -2.44. The molecule has 2 aromatic heterocycles. The van der Waals surface area contributed by atoms with Crippen molar-refractivity contribution in [3.63, 3.8) is 0 Å². The monoisotopic (exact) mass is 515 g/mol. The molecular formula is C24H33N7O6. The van der Waals surface area contributed by atoms with Crippen LogP contribution < -0.4 is 5.69 Å². The Hall–Kier alpha value is -3.51. The first-order chi connectivity index (χ1) is 17.9. The van der Waals surface area contributed by atoms with Gasteiger partial charge in [-0.3, -0.25) is 19.0 Å². The van der Waals surface area contributed by atoms with Gasteiger partial charge in [0.05, 0.1) is 26.0 Å². The molecule has 2 unspecified atom stereocenters. The smallest absolute Gasteiger partial charge is 0.343 e. The Morgan fingerprint density at radius 3 is 2.51 bits per heavy atom. The number of fused-ring (bicyclic) bond motifs is 1. The minimum atomic E-state index is -1.27. The largest absolute Gasteiger partial charge is 0.468 e. The summed E-state index contributed by atoms with van der Waals surface area (Å²) in [6, 6.07) is 0.0669. The molecule has 2 aromatic rings. The van der Waals surface area contributed by atoms with Crippen LogP contribution in [0.3, 0.4) is 0 Å². The van der Waals surface area contributed by atoms with E-state index in [1.54, 1.807) is 4.57 Å². The van der Waals surface area contributed by atoms with Gasteiger partial charge in [0.15, 0.2) is 5.41 Å². The highest BCUT2D eigenvalue weighted by Crippen LogP contribution is 2.42. The van der Waals surface area contributed by atoms with Gasteiger partial charge >= 0.3 is 17.6 Å². The maximum atomic E-state index is 13.4. The Morgan fingerprint density at radius 2 is 1.81 bits per heavy atom. The Kier molecular flexibility index (Phi) is 6.86. The van der Waals surface area contributed by atoms with Crippen molar-refractivity contribution in [1.29, 1.82) is 0 Å². The van der Waals surface area contributed by atoms with Crippen molar-refractivity contribution in [3.05, 3.63) is 28.2 Å². The van der Waals surface area contributed by atoms with Gasteiger partial charge in [-0.1, -0.05) is 5.21 Å². The van der Waals surface area contributed by atoms with Gasteiger partial charge in [-0.25, -0.2) is 14.6 Å². The van der Waals surface area contributed by atoms with Gasteiger partial charge in [0, 0.05) is 44.1 Å². The van der Waals surface area contributed by atoms with E-state index in [9.17, 15) is 19.2 Å². The summed E-state index contributed by atoms with van der Waals surface area (Å²) in [7, 11) is 2.56. The van der Waals surface area contributed by atoms with Gasteiger partial charge in [0.1, 0.15) is 5.82 Å². The lowest BCUT2D eigenvalue weighted by Gasteiger charge is -2.35. The van der Waals surface area contributed by atoms with E-state index in [0.717, 1.165) is 18.5 Å². The molecule has 2 fully saturated rings. The fourth-order valence-electron chi connectivity index (χ4n) is 6.20. The molecular weight excluding hydrogens is 482 g/mol. The van der Waals surface area contributed by atoms with Gasteiger partial charge in [0.2, 0.25) is 5.91 Å². The van der Waals surface area contributed by atoms with E-state index in [4.69, 9.17) is 9.47 Å². The second-order valence-corrected chi connectivity index (χ2v) is 10.3. The van der Waals surface area contributed by atoms with Gasteiger partial charge in [-0.05, 0) is 44.9 Å². The van der Waals surface area contributed by atoms with Crippen LogP contribution in [-0.2, 0) is 43.2 Å². The molecule has 4 heterocycles. The van der Waals surface area contributed by atoms with Crippen molar-refractivity contribution in [2.24, 2.45) is 11.3 Å². The molecule has 0 bridgehead atoms.